The Morgan fingerprint density at radius 1 is 1.53 bits per heavy atom. The average Bonchev–Trinajstić information content (AvgIpc) is 2.21. The summed E-state index contributed by atoms with van der Waals surface area (Å²) in [5, 5.41) is 18.2. The third-order valence-corrected chi connectivity index (χ3v) is 1.96. The number of hydrogen-bond donors (Lipinski definition) is 3. The van der Waals surface area contributed by atoms with Crippen LogP contribution in [0, 0.1) is 0 Å². The predicted octanol–water partition coefficient (Wildman–Crippen LogP) is 0.397. The van der Waals surface area contributed by atoms with Crippen LogP contribution in [0.3, 0.4) is 0 Å². The Labute approximate surface area is 92.8 Å². The lowest BCUT2D eigenvalue weighted by molar-refractivity contribution is -0.126. The Morgan fingerprint density at radius 2 is 2.13 bits per heavy atom. The zero-order chi connectivity index (χ0) is 11.8. The molecule has 15 heavy (non-hydrogen) atoms. The van der Waals surface area contributed by atoms with Gasteiger partial charge in [0, 0.05) is 12.3 Å². The van der Waals surface area contributed by atoms with Gasteiger partial charge in [0.15, 0.2) is 0 Å². The highest BCUT2D eigenvalue weighted by atomic mass is 35.5. The minimum atomic E-state index is -1.31. The number of alkyl halides is 1. The van der Waals surface area contributed by atoms with Crippen molar-refractivity contribution in [3.05, 3.63) is 0 Å². The Morgan fingerprint density at radius 3 is 2.53 bits per heavy atom. The zero-order valence-electron chi connectivity index (χ0n) is 8.44. The van der Waals surface area contributed by atoms with E-state index in [1.165, 1.54) is 6.92 Å². The molecule has 0 saturated heterocycles. The molecule has 0 spiro atoms. The second-order valence-electron chi connectivity index (χ2n) is 3.01. The summed E-state index contributed by atoms with van der Waals surface area (Å²) in [4.78, 5) is 21.9. The first-order chi connectivity index (χ1) is 7.02. The van der Waals surface area contributed by atoms with E-state index in [1.807, 2.05) is 0 Å². The van der Waals surface area contributed by atoms with Crippen LogP contribution in [-0.2, 0) is 4.79 Å². The molecule has 0 aliphatic rings. The lowest BCUT2D eigenvalue weighted by Gasteiger charge is -2.24. The van der Waals surface area contributed by atoms with Crippen molar-refractivity contribution in [2.75, 3.05) is 12.5 Å². The van der Waals surface area contributed by atoms with Crippen LogP contribution in [0.4, 0.5) is 4.79 Å². The van der Waals surface area contributed by atoms with Gasteiger partial charge < -0.3 is 10.2 Å². The molecule has 0 aromatic carbocycles. The number of carbonyl (C=O) groups is 2. The van der Waals surface area contributed by atoms with Gasteiger partial charge in [-0.1, -0.05) is 0 Å². The minimum absolute atomic E-state index is 0.158. The van der Waals surface area contributed by atoms with Gasteiger partial charge in [-0.3, -0.25) is 10.2 Å². The molecule has 1 unspecified atom stereocenters. The molecule has 0 aliphatic heterocycles. The van der Waals surface area contributed by atoms with E-state index in [0.717, 1.165) is 0 Å². The number of rotatable bonds is 5. The van der Waals surface area contributed by atoms with Crippen LogP contribution in [0.25, 0.3) is 0 Å². The number of carbonyl (C=O) groups excluding carboxylic acids is 1. The highest BCUT2D eigenvalue weighted by molar-refractivity contribution is 6.17. The number of amides is 2. The highest BCUT2D eigenvalue weighted by Crippen LogP contribution is 1.97. The van der Waals surface area contributed by atoms with E-state index in [1.54, 1.807) is 0 Å². The van der Waals surface area contributed by atoms with E-state index >= 15 is 0 Å². The maximum Gasteiger partial charge on any atom is 0.426 e. The Balaban J connectivity index is 4.16. The predicted molar refractivity (Wildman–Crippen MR) is 54.5 cm³/mol. The Kier molecular flexibility index (Phi) is 6.81. The van der Waals surface area contributed by atoms with Crippen LogP contribution in [-0.4, -0.2) is 45.8 Å². The summed E-state index contributed by atoms with van der Waals surface area (Å²) in [5.41, 5.74) is 2.18. The van der Waals surface area contributed by atoms with Gasteiger partial charge in [-0.2, -0.15) is 0 Å². The quantitative estimate of drug-likeness (QED) is 0.478. The fraction of sp³-hybridized carbons (Fsp3) is 0.750. The molecule has 0 saturated carbocycles. The summed E-state index contributed by atoms with van der Waals surface area (Å²) in [6, 6.07) is -0.678. The van der Waals surface area contributed by atoms with Gasteiger partial charge >= 0.3 is 6.09 Å². The number of aliphatic hydroxyl groups is 1. The molecule has 0 radical (unpaired) electrons. The second kappa shape index (κ2) is 7.30. The SMILES string of the molecule is CC(CO)N(NC(=O)CCCCl)C(=O)O. The van der Waals surface area contributed by atoms with Crippen molar-refractivity contribution in [2.24, 2.45) is 0 Å². The molecule has 88 valence electrons. The summed E-state index contributed by atoms with van der Waals surface area (Å²) in [6.07, 6.45) is -0.671. The van der Waals surface area contributed by atoms with Crippen LogP contribution < -0.4 is 5.43 Å². The number of hydrazine groups is 1. The van der Waals surface area contributed by atoms with E-state index in [4.69, 9.17) is 21.8 Å². The summed E-state index contributed by atoms with van der Waals surface area (Å²) in [5.74, 6) is -0.0888. The second-order valence-corrected chi connectivity index (χ2v) is 3.39. The van der Waals surface area contributed by atoms with E-state index < -0.39 is 18.0 Å². The summed E-state index contributed by atoms with van der Waals surface area (Å²) < 4.78 is 0. The largest absolute Gasteiger partial charge is 0.464 e. The lowest BCUT2D eigenvalue weighted by Crippen LogP contribution is -2.51. The normalized spacial score (nSPS) is 11.9. The van der Waals surface area contributed by atoms with Crippen LogP contribution >= 0.6 is 11.6 Å². The van der Waals surface area contributed by atoms with Gasteiger partial charge in [0.25, 0.3) is 0 Å². The molecular weight excluding hydrogens is 224 g/mol. The molecule has 6 nitrogen and oxygen atoms in total. The van der Waals surface area contributed by atoms with Crippen LogP contribution in [0.5, 0.6) is 0 Å². The molecule has 2 amide bonds. The van der Waals surface area contributed by atoms with Crippen molar-refractivity contribution < 1.29 is 19.8 Å². The minimum Gasteiger partial charge on any atom is -0.464 e. The number of nitrogens with zero attached hydrogens (tertiary/aromatic N) is 1. The number of carboxylic acid groups (broad SMARTS) is 1. The molecule has 0 aromatic rings. The third kappa shape index (κ3) is 5.44. The van der Waals surface area contributed by atoms with Crippen molar-refractivity contribution in [2.45, 2.75) is 25.8 Å². The molecule has 0 fully saturated rings. The first-order valence-electron chi connectivity index (χ1n) is 4.51. The summed E-state index contributed by atoms with van der Waals surface area (Å²) >= 11 is 5.38. The van der Waals surface area contributed by atoms with Crippen LogP contribution in [0.15, 0.2) is 0 Å². The smallest absolute Gasteiger partial charge is 0.426 e. The number of aliphatic hydroxyl groups excluding tert-OH is 1. The number of hydrogen-bond acceptors (Lipinski definition) is 3. The van der Waals surface area contributed by atoms with Crippen LogP contribution in [0.1, 0.15) is 19.8 Å². The monoisotopic (exact) mass is 238 g/mol. The van der Waals surface area contributed by atoms with Gasteiger partial charge in [0.1, 0.15) is 0 Å². The summed E-state index contributed by atoms with van der Waals surface area (Å²) in [7, 11) is 0. The molecule has 0 aromatic heterocycles. The highest BCUT2D eigenvalue weighted by Gasteiger charge is 2.20. The fourth-order valence-electron chi connectivity index (χ4n) is 0.846. The van der Waals surface area contributed by atoms with E-state index in [0.29, 0.717) is 17.3 Å². The van der Waals surface area contributed by atoms with Gasteiger partial charge in [-0.15, -0.1) is 11.6 Å². The van der Waals surface area contributed by atoms with E-state index in [2.05, 4.69) is 5.43 Å². The lowest BCUT2D eigenvalue weighted by atomic mass is 10.3. The molecule has 0 rings (SSSR count). The Hall–Kier alpha value is -1.01. The van der Waals surface area contributed by atoms with Gasteiger partial charge in [-0.05, 0) is 13.3 Å². The van der Waals surface area contributed by atoms with Crippen molar-refractivity contribution >= 4 is 23.6 Å². The maximum absolute atomic E-state index is 11.2. The zero-order valence-corrected chi connectivity index (χ0v) is 9.20. The van der Waals surface area contributed by atoms with Crippen molar-refractivity contribution in [3.8, 4) is 0 Å². The molecule has 1 atom stereocenters. The first-order valence-corrected chi connectivity index (χ1v) is 5.04. The van der Waals surface area contributed by atoms with Crippen molar-refractivity contribution in [3.63, 3.8) is 0 Å². The van der Waals surface area contributed by atoms with Crippen molar-refractivity contribution in [1.82, 2.24) is 10.4 Å². The molecular formula is C8H15ClN2O4. The molecule has 7 heteroatoms. The topological polar surface area (TPSA) is 89.9 Å². The fourth-order valence-corrected chi connectivity index (χ4v) is 0.979. The van der Waals surface area contributed by atoms with Gasteiger partial charge in [0.05, 0.1) is 12.6 Å². The van der Waals surface area contributed by atoms with E-state index in [9.17, 15) is 9.59 Å². The summed E-state index contributed by atoms with van der Waals surface area (Å²) in [6.45, 7) is 1.12. The first kappa shape index (κ1) is 14.0. The molecule has 0 heterocycles. The molecule has 0 aliphatic carbocycles. The van der Waals surface area contributed by atoms with Gasteiger partial charge in [-0.25, -0.2) is 9.80 Å². The third-order valence-electron chi connectivity index (χ3n) is 1.69. The standard InChI is InChI=1S/C8H15ClN2O4/c1-6(5-12)11(8(14)15)10-7(13)3-2-4-9/h6,12H,2-5H2,1H3,(H,10,13)(H,14,15). The van der Waals surface area contributed by atoms with E-state index in [-0.39, 0.29) is 13.0 Å². The Bertz CT molecular complexity index is 225. The van der Waals surface area contributed by atoms with Gasteiger partial charge in [0.2, 0.25) is 5.91 Å². The molecule has 0 bridgehead atoms. The van der Waals surface area contributed by atoms with Crippen LogP contribution in [0.2, 0.25) is 0 Å². The number of nitrogens with one attached hydrogen (secondary N) is 1. The average molecular weight is 239 g/mol. The molecule has 3 N–H and O–H groups in total. The maximum atomic E-state index is 11.2. The van der Waals surface area contributed by atoms with Crippen molar-refractivity contribution in [1.29, 1.82) is 0 Å². The number of halogens is 1.